The molecule has 0 atom stereocenters. The number of carbonyl (C=O) groups is 1. The second kappa shape index (κ2) is 6.78. The van der Waals surface area contributed by atoms with Crippen molar-refractivity contribution >= 4 is 39.3 Å². The number of aryl methyl sites for hydroxylation is 2. The lowest BCUT2D eigenvalue weighted by Gasteiger charge is -2.04. The van der Waals surface area contributed by atoms with Gasteiger partial charge in [0.15, 0.2) is 5.82 Å². The molecule has 8 heteroatoms. The average molecular weight is 409 g/mol. The Morgan fingerprint density at radius 3 is 2.58 bits per heavy atom. The van der Waals surface area contributed by atoms with Gasteiger partial charge >= 0.3 is 0 Å². The highest BCUT2D eigenvalue weighted by Gasteiger charge is 2.19. The van der Waals surface area contributed by atoms with E-state index in [1.165, 1.54) is 0 Å². The van der Waals surface area contributed by atoms with E-state index >= 15 is 0 Å². The third kappa shape index (κ3) is 3.52. The Labute approximate surface area is 152 Å². The quantitative estimate of drug-likeness (QED) is 0.717. The zero-order chi connectivity index (χ0) is 17.3. The number of halogens is 2. The molecule has 0 aliphatic rings. The van der Waals surface area contributed by atoms with Crippen molar-refractivity contribution in [3.63, 3.8) is 0 Å². The third-order valence-corrected chi connectivity index (χ3v) is 4.71. The zero-order valence-corrected chi connectivity index (χ0v) is 15.5. The second-order valence-corrected chi connectivity index (χ2v) is 6.58. The lowest BCUT2D eigenvalue weighted by atomic mass is 10.2. The third-order valence-electron chi connectivity index (χ3n) is 3.50. The van der Waals surface area contributed by atoms with Gasteiger partial charge in [0.05, 0.1) is 16.7 Å². The average Bonchev–Trinajstić information content (AvgIpc) is 3.06. The molecule has 124 valence electrons. The van der Waals surface area contributed by atoms with Crippen molar-refractivity contribution in [1.82, 2.24) is 19.6 Å². The van der Waals surface area contributed by atoms with Crippen molar-refractivity contribution in [2.75, 3.05) is 5.32 Å². The SMILES string of the molecule is Cc1nn(C)c(C(=O)Nc2ccn(Cc3ccc(Cl)cc3)n2)c1Br. The number of benzene rings is 1. The van der Waals surface area contributed by atoms with Gasteiger partial charge in [0.2, 0.25) is 0 Å². The predicted molar refractivity (Wildman–Crippen MR) is 96.4 cm³/mol. The first kappa shape index (κ1) is 16.7. The van der Waals surface area contributed by atoms with Gasteiger partial charge in [0.1, 0.15) is 5.69 Å². The largest absolute Gasteiger partial charge is 0.304 e. The van der Waals surface area contributed by atoms with E-state index in [0.717, 1.165) is 11.3 Å². The summed E-state index contributed by atoms with van der Waals surface area (Å²) in [7, 11) is 1.73. The van der Waals surface area contributed by atoms with Crippen LogP contribution in [0, 0.1) is 6.92 Å². The van der Waals surface area contributed by atoms with Crippen LogP contribution in [0.1, 0.15) is 21.7 Å². The van der Waals surface area contributed by atoms with Crippen LogP contribution in [0.4, 0.5) is 5.82 Å². The number of hydrogen-bond donors (Lipinski definition) is 1. The molecule has 0 aliphatic carbocycles. The maximum atomic E-state index is 12.4. The van der Waals surface area contributed by atoms with E-state index in [1.54, 1.807) is 22.5 Å². The molecular formula is C16H15BrClN5O. The lowest BCUT2D eigenvalue weighted by Crippen LogP contribution is -2.17. The summed E-state index contributed by atoms with van der Waals surface area (Å²) < 4.78 is 3.98. The van der Waals surface area contributed by atoms with E-state index in [2.05, 4.69) is 31.4 Å². The van der Waals surface area contributed by atoms with Gasteiger partial charge in [-0.2, -0.15) is 10.2 Å². The molecule has 3 aromatic rings. The Hall–Kier alpha value is -2.12. The van der Waals surface area contributed by atoms with Crippen LogP contribution in [-0.4, -0.2) is 25.5 Å². The molecule has 0 saturated carbocycles. The molecule has 0 bridgehead atoms. The monoisotopic (exact) mass is 407 g/mol. The molecule has 2 heterocycles. The van der Waals surface area contributed by atoms with Gasteiger partial charge in [-0.15, -0.1) is 0 Å². The number of aromatic nitrogens is 4. The summed E-state index contributed by atoms with van der Waals surface area (Å²) >= 11 is 9.27. The first-order valence-corrected chi connectivity index (χ1v) is 8.39. The van der Waals surface area contributed by atoms with Crippen LogP contribution in [0.3, 0.4) is 0 Å². The Morgan fingerprint density at radius 2 is 1.96 bits per heavy atom. The maximum absolute atomic E-state index is 12.4. The highest BCUT2D eigenvalue weighted by molar-refractivity contribution is 9.10. The van der Waals surface area contributed by atoms with Crippen LogP contribution in [0.15, 0.2) is 41.0 Å². The number of nitrogens with one attached hydrogen (secondary N) is 1. The van der Waals surface area contributed by atoms with E-state index in [0.29, 0.717) is 27.6 Å². The van der Waals surface area contributed by atoms with Crippen LogP contribution in [0.2, 0.25) is 5.02 Å². The molecule has 24 heavy (non-hydrogen) atoms. The van der Waals surface area contributed by atoms with Gasteiger partial charge in [-0.05, 0) is 40.5 Å². The number of hydrogen-bond acceptors (Lipinski definition) is 3. The number of amides is 1. The van der Waals surface area contributed by atoms with Crippen molar-refractivity contribution in [3.8, 4) is 0 Å². The molecule has 1 aromatic carbocycles. The molecule has 0 radical (unpaired) electrons. The van der Waals surface area contributed by atoms with Gasteiger partial charge in [0, 0.05) is 24.3 Å². The van der Waals surface area contributed by atoms with Crippen LogP contribution < -0.4 is 5.32 Å². The molecule has 0 unspecified atom stereocenters. The number of anilines is 1. The van der Waals surface area contributed by atoms with Crippen LogP contribution >= 0.6 is 27.5 Å². The van der Waals surface area contributed by atoms with Gasteiger partial charge in [-0.1, -0.05) is 23.7 Å². The zero-order valence-electron chi connectivity index (χ0n) is 13.1. The standard InChI is InChI=1S/C16H15BrClN5O/c1-10-14(17)15(22(2)20-10)16(24)19-13-7-8-23(21-13)9-11-3-5-12(18)6-4-11/h3-8H,9H2,1-2H3,(H,19,21,24). The van der Waals surface area contributed by atoms with Gasteiger partial charge in [0.25, 0.3) is 5.91 Å². The lowest BCUT2D eigenvalue weighted by molar-refractivity contribution is 0.101. The highest BCUT2D eigenvalue weighted by atomic mass is 79.9. The van der Waals surface area contributed by atoms with Gasteiger partial charge < -0.3 is 5.32 Å². The van der Waals surface area contributed by atoms with Crippen LogP contribution in [0.25, 0.3) is 0 Å². The molecule has 1 N–H and O–H groups in total. The minimum absolute atomic E-state index is 0.262. The Morgan fingerprint density at radius 1 is 1.25 bits per heavy atom. The summed E-state index contributed by atoms with van der Waals surface area (Å²) in [6.07, 6.45) is 1.81. The first-order valence-electron chi connectivity index (χ1n) is 7.22. The Balaban J connectivity index is 1.71. The van der Waals surface area contributed by atoms with Crippen LogP contribution in [-0.2, 0) is 13.6 Å². The minimum Gasteiger partial charge on any atom is -0.304 e. The summed E-state index contributed by atoms with van der Waals surface area (Å²) in [5.41, 5.74) is 2.29. The normalized spacial score (nSPS) is 10.8. The minimum atomic E-state index is -0.262. The molecular weight excluding hydrogens is 394 g/mol. The van der Waals surface area contributed by atoms with Gasteiger partial charge in [-0.3, -0.25) is 14.2 Å². The molecule has 2 aromatic heterocycles. The van der Waals surface area contributed by atoms with Crippen molar-refractivity contribution < 1.29 is 4.79 Å². The number of nitrogens with zero attached hydrogens (tertiary/aromatic N) is 4. The summed E-state index contributed by atoms with van der Waals surface area (Å²) in [5.74, 6) is 0.224. The molecule has 3 rings (SSSR count). The predicted octanol–water partition coefficient (Wildman–Crippen LogP) is 3.64. The Bertz CT molecular complexity index is 885. The fourth-order valence-corrected chi connectivity index (χ4v) is 2.99. The molecule has 0 aliphatic heterocycles. The topological polar surface area (TPSA) is 64.7 Å². The summed E-state index contributed by atoms with van der Waals surface area (Å²) in [6.45, 7) is 2.43. The van der Waals surface area contributed by atoms with Crippen molar-refractivity contribution in [1.29, 1.82) is 0 Å². The van der Waals surface area contributed by atoms with Crippen molar-refractivity contribution in [2.45, 2.75) is 13.5 Å². The van der Waals surface area contributed by atoms with E-state index < -0.39 is 0 Å². The van der Waals surface area contributed by atoms with Crippen LogP contribution in [0.5, 0.6) is 0 Å². The van der Waals surface area contributed by atoms with E-state index in [1.807, 2.05) is 37.4 Å². The van der Waals surface area contributed by atoms with Gasteiger partial charge in [-0.25, -0.2) is 0 Å². The molecule has 0 spiro atoms. The summed E-state index contributed by atoms with van der Waals surface area (Å²) in [5, 5.41) is 12.1. The molecule has 6 nitrogen and oxygen atoms in total. The van der Waals surface area contributed by atoms with E-state index in [4.69, 9.17) is 11.6 Å². The Kier molecular flexibility index (Phi) is 4.73. The van der Waals surface area contributed by atoms with Crippen molar-refractivity contribution in [2.24, 2.45) is 7.05 Å². The molecule has 0 saturated heterocycles. The van der Waals surface area contributed by atoms with Crippen molar-refractivity contribution in [3.05, 3.63) is 63.0 Å². The summed E-state index contributed by atoms with van der Waals surface area (Å²) in [6, 6.07) is 9.32. The maximum Gasteiger partial charge on any atom is 0.276 e. The smallest absolute Gasteiger partial charge is 0.276 e. The van der Waals surface area contributed by atoms with E-state index in [-0.39, 0.29) is 5.91 Å². The van der Waals surface area contributed by atoms with E-state index in [9.17, 15) is 4.79 Å². The molecule has 1 amide bonds. The first-order chi connectivity index (χ1) is 11.4. The molecule has 0 fully saturated rings. The number of carbonyl (C=O) groups excluding carboxylic acids is 1. The highest BCUT2D eigenvalue weighted by Crippen LogP contribution is 2.21. The number of rotatable bonds is 4. The fourth-order valence-electron chi connectivity index (χ4n) is 2.35. The second-order valence-electron chi connectivity index (χ2n) is 5.35. The summed E-state index contributed by atoms with van der Waals surface area (Å²) in [4.78, 5) is 12.4. The fraction of sp³-hybridized carbons (Fsp3) is 0.188.